The van der Waals surface area contributed by atoms with E-state index in [0.717, 1.165) is 28.4 Å². The number of hydrogen-bond donors (Lipinski definition) is 0. The average molecular weight is 331 g/mol. The first kappa shape index (κ1) is 13.3. The maximum atomic E-state index is 12.6. The molecule has 0 saturated heterocycles. The Kier molecular flexibility index (Phi) is 3.83. The van der Waals surface area contributed by atoms with Crippen LogP contribution in [0.5, 0.6) is 0 Å². The molecule has 0 spiro atoms. The number of hydrogen-bond acceptors (Lipinski definition) is 2. The van der Waals surface area contributed by atoms with Crippen molar-refractivity contribution in [3.63, 3.8) is 0 Å². The molecule has 0 aliphatic heterocycles. The Morgan fingerprint density at radius 2 is 1.80 bits per heavy atom. The predicted molar refractivity (Wildman–Crippen MR) is 81.3 cm³/mol. The number of carbonyl (C=O) groups excluding carboxylic acids is 1. The molecule has 0 atom stereocenters. The Hall–Kier alpha value is -1.68. The van der Waals surface area contributed by atoms with Gasteiger partial charge in [0.15, 0.2) is 0 Å². The first-order valence-electron chi connectivity index (χ1n) is 6.69. The summed E-state index contributed by atoms with van der Waals surface area (Å²) in [7, 11) is 0. The van der Waals surface area contributed by atoms with Gasteiger partial charge in [-0.15, -0.1) is 0 Å². The summed E-state index contributed by atoms with van der Waals surface area (Å²) in [5.41, 5.74) is 1.87. The normalized spacial score (nSPS) is 14.1. The Morgan fingerprint density at radius 3 is 2.40 bits per heavy atom. The number of nitrogens with zero attached hydrogens (tertiary/aromatic N) is 2. The molecule has 1 amide bonds. The molecule has 1 saturated carbocycles. The lowest BCUT2D eigenvalue weighted by molar-refractivity contribution is 0.0730. The van der Waals surface area contributed by atoms with Crippen LogP contribution in [0.3, 0.4) is 0 Å². The van der Waals surface area contributed by atoms with Crippen LogP contribution in [0.4, 0.5) is 0 Å². The first-order valence-corrected chi connectivity index (χ1v) is 7.49. The topological polar surface area (TPSA) is 33.2 Å². The lowest BCUT2D eigenvalue weighted by Crippen LogP contribution is -2.32. The van der Waals surface area contributed by atoms with Gasteiger partial charge < -0.3 is 4.90 Å². The minimum Gasteiger partial charge on any atom is -0.331 e. The highest BCUT2D eigenvalue weighted by Gasteiger charge is 2.32. The van der Waals surface area contributed by atoms with Crippen LogP contribution in [0.1, 0.15) is 28.8 Å². The summed E-state index contributed by atoms with van der Waals surface area (Å²) in [6.45, 7) is 0.655. The molecule has 1 aliphatic carbocycles. The van der Waals surface area contributed by atoms with Crippen LogP contribution in [0.2, 0.25) is 0 Å². The van der Waals surface area contributed by atoms with Gasteiger partial charge in [0.25, 0.3) is 5.91 Å². The van der Waals surface area contributed by atoms with Crippen LogP contribution in [0, 0.1) is 0 Å². The van der Waals surface area contributed by atoms with Gasteiger partial charge in [-0.05, 0) is 54.8 Å². The summed E-state index contributed by atoms with van der Waals surface area (Å²) in [5, 5.41) is 0. The molecule has 4 heteroatoms. The van der Waals surface area contributed by atoms with E-state index in [2.05, 4.69) is 20.9 Å². The lowest BCUT2D eigenvalue weighted by Gasteiger charge is -2.22. The Bertz CT molecular complexity index is 594. The summed E-state index contributed by atoms with van der Waals surface area (Å²) < 4.78 is 0.987. The minimum absolute atomic E-state index is 0.108. The van der Waals surface area contributed by atoms with Gasteiger partial charge in [-0.3, -0.25) is 9.78 Å². The van der Waals surface area contributed by atoms with E-state index < -0.39 is 0 Å². The molecule has 20 heavy (non-hydrogen) atoms. The largest absolute Gasteiger partial charge is 0.331 e. The molecule has 1 aromatic heterocycles. The van der Waals surface area contributed by atoms with Crippen molar-refractivity contribution in [3.05, 3.63) is 64.4 Å². The molecule has 1 aromatic carbocycles. The number of pyridine rings is 1. The summed E-state index contributed by atoms with van der Waals surface area (Å²) in [4.78, 5) is 18.6. The number of halogens is 1. The highest BCUT2D eigenvalue weighted by Crippen LogP contribution is 2.30. The molecule has 0 radical (unpaired) electrons. The van der Waals surface area contributed by atoms with Gasteiger partial charge >= 0.3 is 0 Å². The molecule has 3 nitrogen and oxygen atoms in total. The molecular formula is C16H15BrN2O. The second kappa shape index (κ2) is 5.75. The van der Waals surface area contributed by atoms with E-state index in [1.165, 1.54) is 0 Å². The molecule has 1 aliphatic rings. The fourth-order valence-corrected chi connectivity index (χ4v) is 2.46. The predicted octanol–water partition coefficient (Wildman–Crippen LogP) is 3.65. The third-order valence-electron chi connectivity index (χ3n) is 3.44. The van der Waals surface area contributed by atoms with Gasteiger partial charge in [-0.2, -0.15) is 0 Å². The standard InChI is InChI=1S/C16H15BrN2O/c17-14-3-1-13(2-4-14)16(20)19(15-5-6-15)11-12-7-9-18-10-8-12/h1-4,7-10,15H,5-6,11H2. The molecule has 1 fully saturated rings. The molecule has 2 aromatic rings. The van der Waals surface area contributed by atoms with Crippen LogP contribution in [0.25, 0.3) is 0 Å². The van der Waals surface area contributed by atoms with Crippen LogP contribution in [-0.2, 0) is 6.54 Å². The number of benzene rings is 1. The van der Waals surface area contributed by atoms with E-state index in [1.807, 2.05) is 41.3 Å². The zero-order valence-corrected chi connectivity index (χ0v) is 12.6. The second-order valence-corrected chi connectivity index (χ2v) is 5.94. The van der Waals surface area contributed by atoms with Crippen molar-refractivity contribution in [1.82, 2.24) is 9.88 Å². The van der Waals surface area contributed by atoms with Crippen LogP contribution in [-0.4, -0.2) is 21.8 Å². The summed E-state index contributed by atoms with van der Waals surface area (Å²) in [5.74, 6) is 0.108. The summed E-state index contributed by atoms with van der Waals surface area (Å²) >= 11 is 3.39. The van der Waals surface area contributed by atoms with Gasteiger partial charge in [0, 0.05) is 35.0 Å². The second-order valence-electron chi connectivity index (χ2n) is 5.03. The van der Waals surface area contributed by atoms with Crippen LogP contribution in [0.15, 0.2) is 53.3 Å². The zero-order chi connectivity index (χ0) is 13.9. The van der Waals surface area contributed by atoms with E-state index in [9.17, 15) is 4.79 Å². The van der Waals surface area contributed by atoms with E-state index in [4.69, 9.17) is 0 Å². The van der Waals surface area contributed by atoms with Crippen molar-refractivity contribution >= 4 is 21.8 Å². The number of rotatable bonds is 4. The van der Waals surface area contributed by atoms with Gasteiger partial charge in [0.2, 0.25) is 0 Å². The molecule has 3 rings (SSSR count). The number of amides is 1. The summed E-state index contributed by atoms with van der Waals surface area (Å²) in [6, 6.07) is 11.9. The number of aromatic nitrogens is 1. The van der Waals surface area contributed by atoms with Gasteiger partial charge in [-0.25, -0.2) is 0 Å². The quantitative estimate of drug-likeness (QED) is 0.857. The Balaban J connectivity index is 1.80. The van der Waals surface area contributed by atoms with E-state index >= 15 is 0 Å². The van der Waals surface area contributed by atoms with Gasteiger partial charge in [-0.1, -0.05) is 15.9 Å². The van der Waals surface area contributed by atoms with Crippen LogP contribution < -0.4 is 0 Å². The molecule has 0 unspecified atom stereocenters. The SMILES string of the molecule is O=C(c1ccc(Br)cc1)N(Cc1ccncc1)C1CC1. The van der Waals surface area contributed by atoms with Crippen molar-refractivity contribution in [2.45, 2.75) is 25.4 Å². The molecule has 102 valence electrons. The van der Waals surface area contributed by atoms with Crippen molar-refractivity contribution in [2.75, 3.05) is 0 Å². The van der Waals surface area contributed by atoms with Crippen molar-refractivity contribution in [2.24, 2.45) is 0 Å². The highest BCUT2D eigenvalue weighted by molar-refractivity contribution is 9.10. The molecule has 0 N–H and O–H groups in total. The van der Waals surface area contributed by atoms with E-state index in [0.29, 0.717) is 12.6 Å². The minimum atomic E-state index is 0.108. The van der Waals surface area contributed by atoms with Crippen LogP contribution >= 0.6 is 15.9 Å². The third-order valence-corrected chi connectivity index (χ3v) is 3.97. The molecule has 1 heterocycles. The molecular weight excluding hydrogens is 316 g/mol. The average Bonchev–Trinajstić information content (AvgIpc) is 3.30. The smallest absolute Gasteiger partial charge is 0.254 e. The van der Waals surface area contributed by atoms with Crippen molar-refractivity contribution in [1.29, 1.82) is 0 Å². The third kappa shape index (κ3) is 3.07. The molecule has 0 bridgehead atoms. The van der Waals surface area contributed by atoms with Gasteiger partial charge in [0.05, 0.1) is 0 Å². The Morgan fingerprint density at radius 1 is 1.15 bits per heavy atom. The fourth-order valence-electron chi connectivity index (χ4n) is 2.20. The zero-order valence-electron chi connectivity index (χ0n) is 11.0. The first-order chi connectivity index (χ1) is 9.74. The maximum Gasteiger partial charge on any atom is 0.254 e. The fraction of sp³-hybridized carbons (Fsp3) is 0.250. The van der Waals surface area contributed by atoms with E-state index in [-0.39, 0.29) is 5.91 Å². The Labute approximate surface area is 126 Å². The van der Waals surface area contributed by atoms with Gasteiger partial charge in [0.1, 0.15) is 0 Å². The van der Waals surface area contributed by atoms with E-state index in [1.54, 1.807) is 12.4 Å². The lowest BCUT2D eigenvalue weighted by atomic mass is 10.1. The summed E-state index contributed by atoms with van der Waals surface area (Å²) in [6.07, 6.45) is 5.75. The number of carbonyl (C=O) groups is 1. The van der Waals surface area contributed by atoms with Crippen molar-refractivity contribution in [3.8, 4) is 0 Å². The highest BCUT2D eigenvalue weighted by atomic mass is 79.9. The van der Waals surface area contributed by atoms with Crippen molar-refractivity contribution < 1.29 is 4.79 Å². The monoisotopic (exact) mass is 330 g/mol. The maximum absolute atomic E-state index is 12.6.